The van der Waals surface area contributed by atoms with Gasteiger partial charge >= 0.3 is 0 Å². The third-order valence-corrected chi connectivity index (χ3v) is 7.60. The van der Waals surface area contributed by atoms with Crippen LogP contribution in [-0.2, 0) is 21.2 Å². The number of carbonyl (C=O) groups excluding carboxylic acids is 1. The molecule has 0 aliphatic rings. The van der Waals surface area contributed by atoms with E-state index in [9.17, 15) is 13.2 Å². The maximum Gasteiger partial charge on any atom is 0.264 e. The summed E-state index contributed by atoms with van der Waals surface area (Å²) in [5.74, 6) is -0.390. The Morgan fingerprint density at radius 1 is 0.970 bits per heavy atom. The van der Waals surface area contributed by atoms with Crippen LogP contribution < -0.4 is 9.62 Å². The topological polar surface area (TPSA) is 66.5 Å². The van der Waals surface area contributed by atoms with Crippen LogP contribution in [0.2, 0.25) is 10.0 Å². The van der Waals surface area contributed by atoms with Gasteiger partial charge in [-0.25, -0.2) is 8.42 Å². The van der Waals surface area contributed by atoms with Gasteiger partial charge in [0.1, 0.15) is 6.54 Å². The number of sulfonamides is 1. The normalized spacial score (nSPS) is 11.3. The van der Waals surface area contributed by atoms with E-state index < -0.39 is 10.0 Å². The van der Waals surface area contributed by atoms with Gasteiger partial charge in [0.15, 0.2) is 0 Å². The molecule has 0 aliphatic carbocycles. The molecule has 0 atom stereocenters. The largest absolute Gasteiger partial charge is 0.355 e. The minimum absolute atomic E-state index is 0.119. The standard InChI is InChI=1S/C25H26Cl2N2O3S/c1-18-9-12-22(13-10-18)33(31,32)29(24-14-11-21(26)16-19(24)2)17-25(30)28-15-5-7-20-6-3-4-8-23(20)27/h3-4,6,8-14,16H,5,7,15,17H2,1-2H3,(H,28,30). The lowest BCUT2D eigenvalue weighted by atomic mass is 10.1. The SMILES string of the molecule is Cc1ccc(S(=O)(=O)N(CC(=O)NCCCc2ccccc2Cl)c2ccc(Cl)cc2C)cc1. The maximum atomic E-state index is 13.5. The van der Waals surface area contributed by atoms with E-state index in [2.05, 4.69) is 5.32 Å². The first-order valence-electron chi connectivity index (χ1n) is 10.5. The summed E-state index contributed by atoms with van der Waals surface area (Å²) in [7, 11) is -3.97. The van der Waals surface area contributed by atoms with Gasteiger partial charge < -0.3 is 5.32 Å². The smallest absolute Gasteiger partial charge is 0.264 e. The van der Waals surface area contributed by atoms with Crippen LogP contribution in [0.3, 0.4) is 0 Å². The molecule has 0 saturated heterocycles. The van der Waals surface area contributed by atoms with Crippen molar-refractivity contribution in [3.05, 3.63) is 93.5 Å². The second-order valence-corrected chi connectivity index (χ2v) is 10.5. The third kappa shape index (κ3) is 6.50. The molecule has 0 fully saturated rings. The molecular formula is C25H26Cl2N2O3S. The Kier molecular flexibility index (Phi) is 8.40. The average Bonchev–Trinajstić information content (AvgIpc) is 2.77. The van der Waals surface area contributed by atoms with Gasteiger partial charge in [-0.05, 0) is 74.2 Å². The molecule has 0 aliphatic heterocycles. The molecule has 0 heterocycles. The van der Waals surface area contributed by atoms with E-state index in [4.69, 9.17) is 23.2 Å². The molecule has 3 aromatic rings. The van der Waals surface area contributed by atoms with E-state index >= 15 is 0 Å². The monoisotopic (exact) mass is 504 g/mol. The Morgan fingerprint density at radius 3 is 2.33 bits per heavy atom. The summed E-state index contributed by atoms with van der Waals surface area (Å²) in [4.78, 5) is 12.9. The van der Waals surface area contributed by atoms with Crippen LogP contribution in [0.1, 0.15) is 23.1 Å². The number of nitrogens with zero attached hydrogens (tertiary/aromatic N) is 1. The molecule has 0 unspecified atom stereocenters. The van der Waals surface area contributed by atoms with Gasteiger partial charge in [0.05, 0.1) is 10.6 Å². The Balaban J connectivity index is 1.76. The zero-order chi connectivity index (χ0) is 24.0. The number of halogens is 2. The fraction of sp³-hybridized carbons (Fsp3) is 0.240. The predicted molar refractivity (Wildman–Crippen MR) is 135 cm³/mol. The second-order valence-electron chi connectivity index (χ2n) is 7.80. The van der Waals surface area contributed by atoms with Crippen molar-refractivity contribution in [3.63, 3.8) is 0 Å². The number of benzene rings is 3. The van der Waals surface area contributed by atoms with Crippen molar-refractivity contribution < 1.29 is 13.2 Å². The zero-order valence-corrected chi connectivity index (χ0v) is 20.8. The van der Waals surface area contributed by atoms with Crippen LogP contribution in [0.5, 0.6) is 0 Å². The van der Waals surface area contributed by atoms with Crippen molar-refractivity contribution in [1.82, 2.24) is 5.32 Å². The lowest BCUT2D eigenvalue weighted by Gasteiger charge is -2.26. The highest BCUT2D eigenvalue weighted by Gasteiger charge is 2.28. The fourth-order valence-corrected chi connectivity index (χ4v) is 5.37. The van der Waals surface area contributed by atoms with Gasteiger partial charge in [0.25, 0.3) is 10.0 Å². The summed E-state index contributed by atoms with van der Waals surface area (Å²) in [5, 5.41) is 4.01. The van der Waals surface area contributed by atoms with E-state index in [1.54, 1.807) is 49.4 Å². The molecule has 33 heavy (non-hydrogen) atoms. The lowest BCUT2D eigenvalue weighted by molar-refractivity contribution is -0.119. The highest BCUT2D eigenvalue weighted by Crippen LogP contribution is 2.29. The van der Waals surface area contributed by atoms with Crippen LogP contribution in [0, 0.1) is 13.8 Å². The van der Waals surface area contributed by atoms with Crippen molar-refractivity contribution in [2.24, 2.45) is 0 Å². The highest BCUT2D eigenvalue weighted by atomic mass is 35.5. The van der Waals surface area contributed by atoms with E-state index in [1.807, 2.05) is 31.2 Å². The number of hydrogen-bond donors (Lipinski definition) is 1. The Labute approximate surface area is 205 Å². The van der Waals surface area contributed by atoms with E-state index in [0.29, 0.717) is 40.7 Å². The van der Waals surface area contributed by atoms with E-state index in [0.717, 1.165) is 15.4 Å². The highest BCUT2D eigenvalue weighted by molar-refractivity contribution is 7.92. The van der Waals surface area contributed by atoms with E-state index in [-0.39, 0.29) is 17.3 Å². The average molecular weight is 505 g/mol. The Morgan fingerprint density at radius 2 is 1.67 bits per heavy atom. The quantitative estimate of drug-likeness (QED) is 0.388. The summed E-state index contributed by atoms with van der Waals surface area (Å²) in [5.41, 5.74) is 3.02. The van der Waals surface area contributed by atoms with Gasteiger partial charge in [-0.1, -0.05) is 59.1 Å². The molecule has 0 saturated carbocycles. The first-order valence-corrected chi connectivity index (χ1v) is 12.7. The van der Waals surface area contributed by atoms with Crippen molar-refractivity contribution in [3.8, 4) is 0 Å². The van der Waals surface area contributed by atoms with Crippen LogP contribution in [-0.4, -0.2) is 27.4 Å². The number of aryl methyl sites for hydroxylation is 3. The molecule has 5 nitrogen and oxygen atoms in total. The maximum absolute atomic E-state index is 13.5. The number of rotatable bonds is 9. The number of carbonyl (C=O) groups is 1. The number of anilines is 1. The van der Waals surface area contributed by atoms with Crippen molar-refractivity contribution >= 4 is 44.8 Å². The summed E-state index contributed by atoms with van der Waals surface area (Å²) in [6.45, 7) is 3.71. The molecular weight excluding hydrogens is 479 g/mol. The van der Waals surface area contributed by atoms with Crippen LogP contribution >= 0.6 is 23.2 Å². The molecule has 3 rings (SSSR count). The molecule has 1 N–H and O–H groups in total. The first-order chi connectivity index (χ1) is 15.7. The minimum atomic E-state index is -3.97. The van der Waals surface area contributed by atoms with Crippen molar-refractivity contribution in [2.45, 2.75) is 31.6 Å². The Bertz CT molecular complexity index is 1230. The number of amides is 1. The number of hydrogen-bond acceptors (Lipinski definition) is 3. The molecule has 0 bridgehead atoms. The van der Waals surface area contributed by atoms with Gasteiger partial charge in [0.2, 0.25) is 5.91 Å². The van der Waals surface area contributed by atoms with Gasteiger partial charge in [0, 0.05) is 16.6 Å². The van der Waals surface area contributed by atoms with Crippen LogP contribution in [0.25, 0.3) is 0 Å². The Hall–Kier alpha value is -2.54. The molecule has 174 valence electrons. The van der Waals surface area contributed by atoms with Gasteiger partial charge in [-0.15, -0.1) is 0 Å². The summed E-state index contributed by atoms with van der Waals surface area (Å²) in [6.07, 6.45) is 1.39. The second kappa shape index (κ2) is 11.1. The van der Waals surface area contributed by atoms with Crippen molar-refractivity contribution in [1.29, 1.82) is 0 Å². The molecule has 1 amide bonds. The van der Waals surface area contributed by atoms with Gasteiger partial charge in [-0.2, -0.15) is 0 Å². The van der Waals surface area contributed by atoms with Crippen molar-refractivity contribution in [2.75, 3.05) is 17.4 Å². The van der Waals surface area contributed by atoms with Gasteiger partial charge in [-0.3, -0.25) is 9.10 Å². The summed E-state index contributed by atoms with van der Waals surface area (Å²) in [6, 6.07) is 19.0. The lowest BCUT2D eigenvalue weighted by Crippen LogP contribution is -2.41. The molecule has 8 heteroatoms. The third-order valence-electron chi connectivity index (χ3n) is 5.23. The number of nitrogens with one attached hydrogen (secondary N) is 1. The minimum Gasteiger partial charge on any atom is -0.355 e. The van der Waals surface area contributed by atoms with Crippen LogP contribution in [0.4, 0.5) is 5.69 Å². The predicted octanol–water partition coefficient (Wildman–Crippen LogP) is 5.55. The molecule has 0 aromatic heterocycles. The molecule has 0 radical (unpaired) electrons. The zero-order valence-electron chi connectivity index (χ0n) is 18.5. The first kappa shape index (κ1) is 25.1. The summed E-state index contributed by atoms with van der Waals surface area (Å²) >= 11 is 12.2. The molecule has 3 aromatic carbocycles. The van der Waals surface area contributed by atoms with Crippen LogP contribution in [0.15, 0.2) is 71.6 Å². The fourth-order valence-electron chi connectivity index (χ4n) is 3.43. The summed E-state index contributed by atoms with van der Waals surface area (Å²) < 4.78 is 28.1. The molecule has 0 spiro atoms. The van der Waals surface area contributed by atoms with E-state index in [1.165, 1.54) is 0 Å².